The van der Waals surface area contributed by atoms with Gasteiger partial charge >= 0.3 is 0 Å². The summed E-state index contributed by atoms with van der Waals surface area (Å²) < 4.78 is 13.8. The number of carbonyl (C=O) groups excluding carboxylic acids is 3. The molecule has 4 aromatic rings. The van der Waals surface area contributed by atoms with E-state index in [1.54, 1.807) is 6.20 Å². The van der Waals surface area contributed by atoms with E-state index in [0.29, 0.717) is 44.0 Å². The lowest BCUT2D eigenvalue weighted by atomic mass is 10.0. The lowest BCUT2D eigenvalue weighted by Crippen LogP contribution is -2.51. The highest BCUT2D eigenvalue weighted by Gasteiger charge is 2.25. The molecule has 10 heteroatoms. The van der Waals surface area contributed by atoms with Crippen LogP contribution in [0.4, 0.5) is 0 Å². The SMILES string of the molecule is CC(C)C[C@H]1NC(=O)CN(C(=O)COc2ccc3ccccc3c2)CCCOc2cccc(c2)-c2nccn2CCNC1=O. The Kier molecular flexibility index (Phi) is 10.1. The molecule has 0 saturated heterocycles. The van der Waals surface area contributed by atoms with Gasteiger partial charge in [0.25, 0.3) is 5.91 Å². The molecule has 3 aromatic carbocycles. The van der Waals surface area contributed by atoms with Crippen molar-refractivity contribution in [2.45, 2.75) is 39.3 Å². The molecule has 1 aliphatic heterocycles. The van der Waals surface area contributed by atoms with Crippen molar-refractivity contribution in [1.82, 2.24) is 25.1 Å². The topological polar surface area (TPSA) is 115 Å². The number of hydrogen-bond acceptors (Lipinski definition) is 6. The second-order valence-corrected chi connectivity index (χ2v) is 11.3. The molecule has 1 aliphatic rings. The number of aromatic nitrogens is 2. The van der Waals surface area contributed by atoms with E-state index in [0.717, 1.165) is 22.2 Å². The maximum Gasteiger partial charge on any atom is 0.260 e. The molecule has 2 N–H and O–H groups in total. The Balaban J connectivity index is 1.32. The lowest BCUT2D eigenvalue weighted by Gasteiger charge is -2.25. The minimum atomic E-state index is -0.727. The summed E-state index contributed by atoms with van der Waals surface area (Å²) in [6.07, 6.45) is 4.55. The van der Waals surface area contributed by atoms with Crippen LogP contribution in [-0.2, 0) is 20.9 Å². The molecule has 5 rings (SSSR count). The highest BCUT2D eigenvalue weighted by atomic mass is 16.5. The fraction of sp³-hybridized carbons (Fsp3) is 0.353. The van der Waals surface area contributed by atoms with Gasteiger partial charge in [-0.3, -0.25) is 14.4 Å². The zero-order chi connectivity index (χ0) is 30.9. The number of imidazole rings is 1. The van der Waals surface area contributed by atoms with Crippen LogP contribution in [0, 0.1) is 5.92 Å². The number of amides is 3. The summed E-state index contributed by atoms with van der Waals surface area (Å²) >= 11 is 0. The van der Waals surface area contributed by atoms with Crippen LogP contribution in [0.2, 0.25) is 0 Å². The van der Waals surface area contributed by atoms with Crippen LogP contribution in [0.25, 0.3) is 22.2 Å². The fourth-order valence-corrected chi connectivity index (χ4v) is 5.24. The van der Waals surface area contributed by atoms with Crippen LogP contribution < -0.4 is 20.1 Å². The molecule has 2 bridgehead atoms. The summed E-state index contributed by atoms with van der Waals surface area (Å²) in [5.74, 6) is 1.18. The Morgan fingerprint density at radius 1 is 1.05 bits per heavy atom. The van der Waals surface area contributed by atoms with E-state index in [1.165, 1.54) is 4.90 Å². The number of nitrogens with one attached hydrogen (secondary N) is 2. The number of ether oxygens (including phenoxy) is 2. The first-order valence-corrected chi connectivity index (χ1v) is 15.1. The number of fused-ring (bicyclic) bond motifs is 5. The molecule has 0 saturated carbocycles. The van der Waals surface area contributed by atoms with Gasteiger partial charge < -0.3 is 29.6 Å². The average molecular weight is 598 g/mol. The van der Waals surface area contributed by atoms with Crippen molar-refractivity contribution in [1.29, 1.82) is 0 Å². The normalized spacial score (nSPS) is 16.7. The Morgan fingerprint density at radius 3 is 2.73 bits per heavy atom. The minimum Gasteiger partial charge on any atom is -0.494 e. The van der Waals surface area contributed by atoms with Crippen molar-refractivity contribution in [3.05, 3.63) is 79.1 Å². The third-order valence-corrected chi connectivity index (χ3v) is 7.43. The summed E-state index contributed by atoms with van der Waals surface area (Å²) in [6, 6.07) is 20.5. The highest BCUT2D eigenvalue weighted by molar-refractivity contribution is 5.90. The van der Waals surface area contributed by atoms with E-state index >= 15 is 0 Å². The zero-order valence-corrected chi connectivity index (χ0v) is 25.2. The molecule has 2 heterocycles. The zero-order valence-electron chi connectivity index (χ0n) is 25.2. The third-order valence-electron chi connectivity index (χ3n) is 7.43. The molecule has 0 aliphatic carbocycles. The monoisotopic (exact) mass is 597 g/mol. The van der Waals surface area contributed by atoms with Crippen molar-refractivity contribution in [3.8, 4) is 22.9 Å². The second kappa shape index (κ2) is 14.5. The van der Waals surface area contributed by atoms with Crippen molar-refractivity contribution in [2.75, 3.05) is 32.8 Å². The van der Waals surface area contributed by atoms with Crippen molar-refractivity contribution < 1.29 is 23.9 Å². The molecule has 1 aromatic heterocycles. The third kappa shape index (κ3) is 8.15. The standard InChI is InChI=1S/C34H39N5O5/c1-24(2)19-30-34(42)36-14-17-38-16-13-35-33(38)27-9-5-10-28(21-27)43-18-6-15-39(22-31(40)37-30)32(41)23-44-29-12-11-25-7-3-4-8-26(25)20-29/h3-5,7-13,16,20-21,24,30H,6,14-15,17-19,22-23H2,1-2H3,(H,36,42)(H,37,40)/t30-/m1/s1. The molecule has 230 valence electrons. The fourth-order valence-electron chi connectivity index (χ4n) is 5.24. The van der Waals surface area contributed by atoms with Gasteiger partial charge in [0.15, 0.2) is 6.61 Å². The predicted molar refractivity (Wildman–Crippen MR) is 168 cm³/mol. The van der Waals surface area contributed by atoms with E-state index in [-0.39, 0.29) is 37.4 Å². The van der Waals surface area contributed by atoms with Gasteiger partial charge in [0, 0.05) is 37.6 Å². The molecule has 0 spiro atoms. The van der Waals surface area contributed by atoms with Crippen molar-refractivity contribution >= 4 is 28.5 Å². The van der Waals surface area contributed by atoms with Crippen molar-refractivity contribution in [2.24, 2.45) is 5.92 Å². The van der Waals surface area contributed by atoms with Gasteiger partial charge in [-0.2, -0.15) is 0 Å². The Hall–Kier alpha value is -4.86. The van der Waals surface area contributed by atoms with E-state index < -0.39 is 11.9 Å². The number of carbonyl (C=O) groups is 3. The number of rotatable bonds is 5. The summed E-state index contributed by atoms with van der Waals surface area (Å²) in [4.78, 5) is 45.7. The number of nitrogens with zero attached hydrogens (tertiary/aromatic N) is 3. The first kappa shape index (κ1) is 30.6. The van der Waals surface area contributed by atoms with Gasteiger partial charge in [-0.1, -0.05) is 56.3 Å². The minimum absolute atomic E-state index is 0.168. The molecule has 10 nitrogen and oxygen atoms in total. The molecule has 0 radical (unpaired) electrons. The maximum atomic E-state index is 13.4. The molecule has 0 fully saturated rings. The molecule has 3 amide bonds. The van der Waals surface area contributed by atoms with E-state index in [9.17, 15) is 14.4 Å². The molecular weight excluding hydrogens is 558 g/mol. The summed E-state index contributed by atoms with van der Waals surface area (Å²) in [6.45, 7) is 5.06. The molecule has 44 heavy (non-hydrogen) atoms. The van der Waals surface area contributed by atoms with Gasteiger partial charge in [-0.25, -0.2) is 4.98 Å². The van der Waals surface area contributed by atoms with Crippen LogP contribution in [0.15, 0.2) is 79.1 Å². The number of benzene rings is 3. The lowest BCUT2D eigenvalue weighted by molar-refractivity contribution is -0.138. The molecule has 1 atom stereocenters. The first-order valence-electron chi connectivity index (χ1n) is 15.1. The Bertz CT molecular complexity index is 1600. The average Bonchev–Trinajstić information content (AvgIpc) is 3.49. The predicted octanol–water partition coefficient (Wildman–Crippen LogP) is 4.04. The van der Waals surface area contributed by atoms with E-state index in [1.807, 2.05) is 91.3 Å². The van der Waals surface area contributed by atoms with Crippen LogP contribution in [0.1, 0.15) is 26.7 Å². The molecular formula is C34H39N5O5. The summed E-state index contributed by atoms with van der Waals surface area (Å²) in [5, 5.41) is 7.90. The summed E-state index contributed by atoms with van der Waals surface area (Å²) in [5.41, 5.74) is 0.896. The quantitative estimate of drug-likeness (QED) is 0.359. The van der Waals surface area contributed by atoms with E-state index in [4.69, 9.17) is 9.47 Å². The van der Waals surface area contributed by atoms with Crippen LogP contribution in [0.3, 0.4) is 0 Å². The van der Waals surface area contributed by atoms with Gasteiger partial charge in [-0.05, 0) is 53.8 Å². The summed E-state index contributed by atoms with van der Waals surface area (Å²) in [7, 11) is 0. The second-order valence-electron chi connectivity index (χ2n) is 11.3. The van der Waals surface area contributed by atoms with Crippen LogP contribution in [0.5, 0.6) is 11.5 Å². The van der Waals surface area contributed by atoms with Gasteiger partial charge in [0.2, 0.25) is 11.8 Å². The Labute approximate surface area is 257 Å². The smallest absolute Gasteiger partial charge is 0.260 e. The van der Waals surface area contributed by atoms with Crippen LogP contribution in [-0.4, -0.2) is 71.1 Å². The maximum absolute atomic E-state index is 13.4. The van der Waals surface area contributed by atoms with Crippen LogP contribution >= 0.6 is 0 Å². The van der Waals surface area contributed by atoms with E-state index in [2.05, 4.69) is 15.6 Å². The first-order chi connectivity index (χ1) is 21.4. The largest absolute Gasteiger partial charge is 0.494 e. The van der Waals surface area contributed by atoms with Gasteiger partial charge in [-0.15, -0.1) is 0 Å². The molecule has 0 unspecified atom stereocenters. The van der Waals surface area contributed by atoms with Crippen molar-refractivity contribution in [3.63, 3.8) is 0 Å². The Morgan fingerprint density at radius 2 is 1.89 bits per heavy atom. The number of hydrogen-bond donors (Lipinski definition) is 2. The highest BCUT2D eigenvalue weighted by Crippen LogP contribution is 2.23. The van der Waals surface area contributed by atoms with Gasteiger partial charge in [0.05, 0.1) is 13.2 Å². The van der Waals surface area contributed by atoms with Gasteiger partial charge in [0.1, 0.15) is 23.4 Å².